The van der Waals surface area contributed by atoms with Gasteiger partial charge in [0.25, 0.3) is 0 Å². The van der Waals surface area contributed by atoms with Gasteiger partial charge in [-0.3, -0.25) is 0 Å². The number of hydrogen-bond donors (Lipinski definition) is 0. The summed E-state index contributed by atoms with van der Waals surface area (Å²) in [4.78, 5) is 27.3. The SMILES string of the molecule is CCOC(=O)N1CCN(c2nccc(N3CCCc4ccccc43)n2)CC1. The van der Waals surface area contributed by atoms with Gasteiger partial charge in [-0.05, 0) is 37.5 Å². The van der Waals surface area contributed by atoms with E-state index in [1.807, 2.05) is 19.2 Å². The zero-order valence-electron chi connectivity index (χ0n) is 15.7. The summed E-state index contributed by atoms with van der Waals surface area (Å²) in [6, 6.07) is 10.5. The first kappa shape index (κ1) is 17.6. The third-order valence-electron chi connectivity index (χ3n) is 5.10. The second kappa shape index (κ2) is 7.82. The molecule has 0 radical (unpaired) electrons. The molecule has 0 bridgehead atoms. The Balaban J connectivity index is 1.49. The molecule has 0 N–H and O–H groups in total. The zero-order chi connectivity index (χ0) is 18.6. The molecule has 1 aromatic heterocycles. The van der Waals surface area contributed by atoms with Crippen LogP contribution < -0.4 is 9.80 Å². The van der Waals surface area contributed by atoms with Gasteiger partial charge in [0.1, 0.15) is 5.82 Å². The molecule has 2 aliphatic rings. The van der Waals surface area contributed by atoms with Crippen LogP contribution in [0.1, 0.15) is 18.9 Å². The number of piperazine rings is 1. The monoisotopic (exact) mass is 367 g/mol. The largest absolute Gasteiger partial charge is 0.450 e. The van der Waals surface area contributed by atoms with E-state index in [-0.39, 0.29) is 6.09 Å². The number of carbonyl (C=O) groups is 1. The Morgan fingerprint density at radius 1 is 1.11 bits per heavy atom. The van der Waals surface area contributed by atoms with Crippen LogP contribution in [0.3, 0.4) is 0 Å². The molecule has 2 aromatic rings. The topological polar surface area (TPSA) is 61.8 Å². The van der Waals surface area contributed by atoms with Crippen LogP contribution in [0.2, 0.25) is 0 Å². The van der Waals surface area contributed by atoms with Crippen LogP contribution in [0.4, 0.5) is 22.2 Å². The van der Waals surface area contributed by atoms with Crippen molar-refractivity contribution in [3.8, 4) is 0 Å². The lowest BCUT2D eigenvalue weighted by molar-refractivity contribution is 0.105. The molecular formula is C20H25N5O2. The molecule has 7 heteroatoms. The van der Waals surface area contributed by atoms with Gasteiger partial charge in [-0.1, -0.05) is 18.2 Å². The molecule has 0 atom stereocenters. The summed E-state index contributed by atoms with van der Waals surface area (Å²) in [5, 5.41) is 0. The fraction of sp³-hybridized carbons (Fsp3) is 0.450. The van der Waals surface area contributed by atoms with Gasteiger partial charge in [-0.25, -0.2) is 9.78 Å². The Labute approximate surface area is 159 Å². The second-order valence-electron chi connectivity index (χ2n) is 6.77. The number of benzene rings is 1. The Bertz CT molecular complexity index is 804. The molecule has 2 aliphatic heterocycles. The predicted octanol–water partition coefficient (Wildman–Crippen LogP) is 2.84. The van der Waals surface area contributed by atoms with Crippen molar-refractivity contribution in [1.82, 2.24) is 14.9 Å². The molecule has 27 heavy (non-hydrogen) atoms. The number of amides is 1. The van der Waals surface area contributed by atoms with Gasteiger partial charge in [0, 0.05) is 44.6 Å². The highest BCUT2D eigenvalue weighted by Crippen LogP contribution is 2.32. The number of anilines is 3. The summed E-state index contributed by atoms with van der Waals surface area (Å²) in [6.07, 6.45) is 3.82. The summed E-state index contributed by atoms with van der Waals surface area (Å²) in [7, 11) is 0. The van der Waals surface area contributed by atoms with Crippen LogP contribution in [0.5, 0.6) is 0 Å². The summed E-state index contributed by atoms with van der Waals surface area (Å²) in [5.74, 6) is 1.65. The molecule has 0 saturated carbocycles. The second-order valence-corrected chi connectivity index (χ2v) is 6.77. The van der Waals surface area contributed by atoms with E-state index >= 15 is 0 Å². The van der Waals surface area contributed by atoms with Gasteiger partial charge in [-0.15, -0.1) is 0 Å². The number of ether oxygens (including phenoxy) is 1. The highest BCUT2D eigenvalue weighted by atomic mass is 16.6. The molecule has 1 aromatic carbocycles. The Kier molecular flexibility index (Phi) is 5.09. The summed E-state index contributed by atoms with van der Waals surface area (Å²) in [6.45, 7) is 5.85. The van der Waals surface area contributed by atoms with Crippen LogP contribution >= 0.6 is 0 Å². The van der Waals surface area contributed by atoms with E-state index in [0.29, 0.717) is 32.8 Å². The van der Waals surface area contributed by atoms with Crippen molar-refractivity contribution in [3.63, 3.8) is 0 Å². The normalized spacial score (nSPS) is 16.9. The molecule has 1 amide bonds. The predicted molar refractivity (Wildman–Crippen MR) is 105 cm³/mol. The van der Waals surface area contributed by atoms with Gasteiger partial charge >= 0.3 is 6.09 Å². The van der Waals surface area contributed by atoms with Gasteiger partial charge in [-0.2, -0.15) is 4.98 Å². The minimum absolute atomic E-state index is 0.239. The van der Waals surface area contributed by atoms with E-state index in [1.165, 1.54) is 11.3 Å². The summed E-state index contributed by atoms with van der Waals surface area (Å²) in [5.41, 5.74) is 2.60. The lowest BCUT2D eigenvalue weighted by Gasteiger charge is -2.35. The van der Waals surface area contributed by atoms with E-state index in [2.05, 4.69) is 39.0 Å². The molecule has 142 valence electrons. The third kappa shape index (κ3) is 3.67. The van der Waals surface area contributed by atoms with E-state index in [9.17, 15) is 4.79 Å². The number of hydrogen-bond acceptors (Lipinski definition) is 6. The molecule has 0 spiro atoms. The van der Waals surface area contributed by atoms with Crippen molar-refractivity contribution in [3.05, 3.63) is 42.1 Å². The number of rotatable bonds is 3. The van der Waals surface area contributed by atoms with Crippen LogP contribution in [-0.4, -0.2) is 60.3 Å². The summed E-state index contributed by atoms with van der Waals surface area (Å²) < 4.78 is 5.08. The first-order valence-corrected chi connectivity index (χ1v) is 9.61. The van der Waals surface area contributed by atoms with Crippen molar-refractivity contribution < 1.29 is 9.53 Å². The molecule has 7 nitrogen and oxygen atoms in total. The molecule has 1 saturated heterocycles. The minimum Gasteiger partial charge on any atom is -0.450 e. The maximum absolute atomic E-state index is 11.9. The fourth-order valence-corrected chi connectivity index (χ4v) is 3.72. The number of aryl methyl sites for hydroxylation is 1. The van der Waals surface area contributed by atoms with Crippen LogP contribution in [0.15, 0.2) is 36.5 Å². The molecule has 1 fully saturated rings. The molecule has 4 rings (SSSR count). The third-order valence-corrected chi connectivity index (χ3v) is 5.10. The highest BCUT2D eigenvalue weighted by Gasteiger charge is 2.24. The number of fused-ring (bicyclic) bond motifs is 1. The first-order valence-electron chi connectivity index (χ1n) is 9.61. The number of nitrogens with zero attached hydrogens (tertiary/aromatic N) is 5. The zero-order valence-corrected chi connectivity index (χ0v) is 15.7. The van der Waals surface area contributed by atoms with Gasteiger partial charge in [0.05, 0.1) is 6.61 Å². The van der Waals surface area contributed by atoms with Gasteiger partial charge < -0.3 is 19.4 Å². The lowest BCUT2D eigenvalue weighted by atomic mass is 10.0. The Hall–Kier alpha value is -2.83. The molecule has 0 unspecified atom stereocenters. The maximum atomic E-state index is 11.9. The molecule has 0 aliphatic carbocycles. The van der Waals surface area contributed by atoms with E-state index < -0.39 is 0 Å². The van der Waals surface area contributed by atoms with Crippen molar-refractivity contribution in [1.29, 1.82) is 0 Å². The highest BCUT2D eigenvalue weighted by molar-refractivity contribution is 5.68. The van der Waals surface area contributed by atoms with Crippen LogP contribution in [-0.2, 0) is 11.2 Å². The van der Waals surface area contributed by atoms with Gasteiger partial charge in [0.2, 0.25) is 5.95 Å². The van der Waals surface area contributed by atoms with E-state index in [4.69, 9.17) is 9.72 Å². The average Bonchev–Trinajstić information content (AvgIpc) is 2.74. The van der Waals surface area contributed by atoms with Crippen molar-refractivity contribution in [2.24, 2.45) is 0 Å². The Morgan fingerprint density at radius 3 is 2.74 bits per heavy atom. The van der Waals surface area contributed by atoms with E-state index in [0.717, 1.165) is 31.2 Å². The number of aromatic nitrogens is 2. The molecular weight excluding hydrogens is 342 g/mol. The van der Waals surface area contributed by atoms with Crippen LogP contribution in [0, 0.1) is 0 Å². The number of carbonyl (C=O) groups excluding carboxylic acids is 1. The maximum Gasteiger partial charge on any atom is 0.409 e. The summed E-state index contributed by atoms with van der Waals surface area (Å²) >= 11 is 0. The minimum atomic E-state index is -0.239. The smallest absolute Gasteiger partial charge is 0.409 e. The fourth-order valence-electron chi connectivity index (χ4n) is 3.72. The lowest BCUT2D eigenvalue weighted by Crippen LogP contribution is -2.49. The van der Waals surface area contributed by atoms with Crippen molar-refractivity contribution in [2.45, 2.75) is 19.8 Å². The average molecular weight is 367 g/mol. The standard InChI is InChI=1S/C20H25N5O2/c1-2-27-20(26)24-14-12-23(13-15-24)19-21-10-9-18(22-19)25-11-5-7-16-6-3-4-8-17(16)25/h3-4,6,8-10H,2,5,7,11-15H2,1H3. The van der Waals surface area contributed by atoms with Crippen molar-refractivity contribution in [2.75, 3.05) is 49.1 Å². The first-order chi connectivity index (χ1) is 13.3. The molecule has 3 heterocycles. The van der Waals surface area contributed by atoms with Gasteiger partial charge in [0.15, 0.2) is 0 Å². The van der Waals surface area contributed by atoms with Crippen molar-refractivity contribution >= 4 is 23.5 Å². The number of para-hydroxylation sites is 1. The van der Waals surface area contributed by atoms with Crippen LogP contribution in [0.25, 0.3) is 0 Å². The Morgan fingerprint density at radius 2 is 1.93 bits per heavy atom. The quantitative estimate of drug-likeness (QED) is 0.831. The van der Waals surface area contributed by atoms with E-state index in [1.54, 1.807) is 4.90 Å².